The number of aromatic hydroxyl groups is 3. The maximum atomic E-state index is 14.9. The molecule has 114 heavy (non-hydrogen) atoms. The minimum absolute atomic E-state index is 0.0210. The van der Waals surface area contributed by atoms with Gasteiger partial charge in [-0.25, -0.2) is 41.1 Å². The average Bonchev–Trinajstić information content (AvgIpc) is 0.789. The van der Waals surface area contributed by atoms with Crippen molar-refractivity contribution in [3.63, 3.8) is 0 Å². The van der Waals surface area contributed by atoms with Gasteiger partial charge in [0.1, 0.15) is 35.6 Å². The second kappa shape index (κ2) is 42.1. The summed E-state index contributed by atoms with van der Waals surface area (Å²) in [6.45, 7) is 30.0. The van der Waals surface area contributed by atoms with Crippen LogP contribution in [0, 0.1) is 60.9 Å². The molecule has 0 aromatic heterocycles. The Kier molecular flexibility index (Phi) is 34.5. The number of aldehydes is 2. The molecule has 0 saturated carbocycles. The topological polar surface area (TPSA) is 386 Å². The smallest absolute Gasteiger partial charge is 0.410 e. The van der Waals surface area contributed by atoms with E-state index >= 15 is 0 Å². The Morgan fingerprint density at radius 1 is 0.518 bits per heavy atom. The number of aliphatic hydroxyl groups is 1. The molecule has 628 valence electrons. The van der Waals surface area contributed by atoms with E-state index in [2.05, 4.69) is 5.32 Å². The highest BCUT2D eigenvalue weighted by Crippen LogP contribution is 2.38. The fraction of sp³-hybridized carbons (Fsp3) is 0.500. The number of nitrogens with one attached hydrogen (secondary N) is 1. The van der Waals surface area contributed by atoms with Crippen LogP contribution in [0.2, 0.25) is 0 Å². The van der Waals surface area contributed by atoms with Crippen LogP contribution in [-0.4, -0.2) is 246 Å². The van der Waals surface area contributed by atoms with Gasteiger partial charge in [0, 0.05) is 127 Å². The molecule has 7 N–H and O–H groups in total. The standard InChI is InChI=1S/C18H22FN3O5.C18H26FN3O3.C16H21FN2O4.C9H18N2O2.C7H4F2O2.C6H4F2O.C2H5NO3/c1-18(2,3)27-17(23)21-8-6-20(7-9-21)14-5-4-12-10-13(22(24)25)11-26-16(12)15(14)19;1-18(2,3)25-17(23)22-8-6-21(7-9-22)14-5-4-12-10-13(20)11-24-16(12)15(14)19;1-16(2,3)23-15(22)19-8-6-18(7-9-19)12-5-4-11(10-20)14(21)13(12)17;1-9(2,3)13-8(12)11-6-4-10-5-7-11;8-5-2-1-4(3-10)7(11)6(5)9;7-4-2-1-3-5(9)6(4)8;4-2-1-3(5)6/h4-5,10H,6-9,11H2,1-3H3;4-5,13H,6-11,20H2,1-3H3;4-5,10,21H,6-9H2,1-3H3;10H,4-7H2,1-3H3;1-3,11H;1-3,9H;4H,1-2H2. The molecular formula is C76H100F7N11O20. The molecule has 11 rings (SSSR count). The molecule has 5 aromatic rings. The quantitative estimate of drug-likeness (QED) is 0.0276. The lowest BCUT2D eigenvalue weighted by atomic mass is 10.0. The third kappa shape index (κ3) is 29.1. The summed E-state index contributed by atoms with van der Waals surface area (Å²) >= 11 is 0. The molecule has 0 aliphatic carbocycles. The van der Waals surface area contributed by atoms with Crippen LogP contribution in [0.25, 0.3) is 6.08 Å². The van der Waals surface area contributed by atoms with Crippen molar-refractivity contribution in [2.24, 2.45) is 5.73 Å². The number of carbonyl (C=O) groups excluding carboxylic acids is 6. The number of nitrogens with two attached hydrogens (primary N) is 1. The number of amides is 4. The maximum absolute atomic E-state index is 14.9. The Morgan fingerprint density at radius 2 is 0.904 bits per heavy atom. The SMILES string of the molecule is CC(C)(C)OC(=O)N1CCN(c2ccc(C=O)c(O)c2F)CC1.CC(C)(C)OC(=O)N1CCN(c2ccc3c(c2F)OCC(N)C3)CC1.CC(C)(C)OC(=O)N1CCN(c2ccc3c(c2F)OCC([N+](=O)[O-])=C3)CC1.CC(C)(C)OC(=O)N1CCNCC1.O=Cc1ccc(F)c(F)c1O.O=[N+]([O-])CCO.Oc1cccc(F)c1F. The van der Waals surface area contributed by atoms with Crippen molar-refractivity contribution in [2.75, 3.05) is 146 Å². The van der Waals surface area contributed by atoms with Gasteiger partial charge in [-0.3, -0.25) is 29.8 Å². The van der Waals surface area contributed by atoms with Crippen molar-refractivity contribution in [2.45, 2.75) is 118 Å². The molecule has 4 fully saturated rings. The van der Waals surface area contributed by atoms with Gasteiger partial charge in [0.2, 0.25) is 12.4 Å². The molecule has 6 heterocycles. The molecular weight excluding hydrogens is 1520 g/mol. The third-order valence-corrected chi connectivity index (χ3v) is 16.4. The summed E-state index contributed by atoms with van der Waals surface area (Å²) in [5.74, 6) is -8.41. The highest BCUT2D eigenvalue weighted by molar-refractivity contribution is 5.81. The van der Waals surface area contributed by atoms with E-state index in [1.54, 1.807) is 63.5 Å². The van der Waals surface area contributed by atoms with E-state index in [1.807, 2.05) is 78.2 Å². The van der Waals surface area contributed by atoms with Crippen LogP contribution < -0.4 is 35.2 Å². The zero-order valence-corrected chi connectivity index (χ0v) is 65.6. The molecule has 0 radical (unpaired) electrons. The number of fused-ring (bicyclic) bond motifs is 2. The molecule has 4 amide bonds. The average molecular weight is 1620 g/mol. The minimum Gasteiger partial charge on any atom is -0.505 e. The van der Waals surface area contributed by atoms with Crippen molar-refractivity contribution in [1.29, 1.82) is 0 Å². The van der Waals surface area contributed by atoms with Gasteiger partial charge in [0.25, 0.3) is 5.70 Å². The van der Waals surface area contributed by atoms with Crippen LogP contribution in [0.15, 0.2) is 72.4 Å². The van der Waals surface area contributed by atoms with Gasteiger partial charge in [-0.05, 0) is 150 Å². The van der Waals surface area contributed by atoms with Crippen molar-refractivity contribution >= 4 is 60.1 Å². The van der Waals surface area contributed by atoms with Gasteiger partial charge in [0.15, 0.2) is 82.8 Å². The molecule has 5 aromatic carbocycles. The van der Waals surface area contributed by atoms with E-state index in [0.29, 0.717) is 121 Å². The van der Waals surface area contributed by atoms with Crippen LogP contribution in [0.1, 0.15) is 115 Å². The first-order valence-electron chi connectivity index (χ1n) is 36.1. The first-order chi connectivity index (χ1) is 53.3. The van der Waals surface area contributed by atoms with Gasteiger partial charge in [-0.1, -0.05) is 12.1 Å². The summed E-state index contributed by atoms with van der Waals surface area (Å²) in [7, 11) is 0. The Morgan fingerprint density at radius 3 is 1.29 bits per heavy atom. The zero-order valence-electron chi connectivity index (χ0n) is 65.6. The maximum Gasteiger partial charge on any atom is 0.410 e. The number of phenolic OH excluding ortho intramolecular Hbond substituents is 3. The molecule has 6 aliphatic rings. The zero-order chi connectivity index (χ0) is 85.3. The van der Waals surface area contributed by atoms with E-state index < -0.39 is 84.9 Å². The Labute approximate surface area is 654 Å². The van der Waals surface area contributed by atoms with Crippen LogP contribution in [0.3, 0.4) is 0 Å². The number of ether oxygens (including phenoxy) is 6. The Bertz CT molecular complexity index is 4150. The Balaban J connectivity index is 0.000000249. The number of nitrogens with zero attached hydrogens (tertiary/aromatic N) is 9. The minimum atomic E-state index is -1.39. The van der Waals surface area contributed by atoms with Gasteiger partial charge in [0.05, 0.1) is 33.1 Å². The first-order valence-corrected chi connectivity index (χ1v) is 36.1. The number of hydrogen-bond acceptors (Lipinski definition) is 25. The highest BCUT2D eigenvalue weighted by Gasteiger charge is 2.34. The number of nitro groups is 2. The second-order valence-corrected chi connectivity index (χ2v) is 30.0. The first kappa shape index (κ1) is 93.4. The Hall–Kier alpha value is -11.2. The monoisotopic (exact) mass is 1620 g/mol. The number of halogens is 7. The molecule has 1 atom stereocenters. The number of anilines is 3. The van der Waals surface area contributed by atoms with Crippen molar-refractivity contribution in [3.8, 4) is 28.7 Å². The molecule has 0 bridgehead atoms. The van der Waals surface area contributed by atoms with Crippen LogP contribution in [0.4, 0.5) is 67.0 Å². The fourth-order valence-corrected chi connectivity index (χ4v) is 10.9. The lowest BCUT2D eigenvalue weighted by molar-refractivity contribution is -0.482. The van der Waals surface area contributed by atoms with Crippen LogP contribution in [-0.2, 0) is 25.4 Å². The van der Waals surface area contributed by atoms with Crippen LogP contribution in [0.5, 0.6) is 28.7 Å². The lowest BCUT2D eigenvalue weighted by Gasteiger charge is -2.37. The van der Waals surface area contributed by atoms with Gasteiger partial charge in [-0.2, -0.15) is 8.78 Å². The van der Waals surface area contributed by atoms with E-state index in [1.165, 1.54) is 24.3 Å². The number of piperazine rings is 4. The predicted octanol–water partition coefficient (Wildman–Crippen LogP) is 10.7. The molecule has 4 saturated heterocycles. The summed E-state index contributed by atoms with van der Waals surface area (Å²) < 4.78 is 125. The summed E-state index contributed by atoms with van der Waals surface area (Å²) in [4.78, 5) is 99.5. The number of carbonyl (C=O) groups is 6. The number of phenols is 3. The van der Waals surface area contributed by atoms with Gasteiger partial charge in [-0.15, -0.1) is 0 Å². The van der Waals surface area contributed by atoms with E-state index in [0.717, 1.165) is 56.0 Å². The van der Waals surface area contributed by atoms with Crippen molar-refractivity contribution in [3.05, 3.63) is 156 Å². The number of hydrogen-bond donors (Lipinski definition) is 6. The largest absolute Gasteiger partial charge is 0.505 e. The summed E-state index contributed by atoms with van der Waals surface area (Å²) in [5, 5.41) is 57.9. The van der Waals surface area contributed by atoms with Crippen LogP contribution >= 0.6 is 0 Å². The van der Waals surface area contributed by atoms with Gasteiger partial charge < -0.3 is 94.2 Å². The highest BCUT2D eigenvalue weighted by atomic mass is 19.2. The second-order valence-electron chi connectivity index (χ2n) is 30.0. The summed E-state index contributed by atoms with van der Waals surface area (Å²) in [5.41, 5.74) is 5.63. The number of benzene rings is 5. The lowest BCUT2D eigenvalue weighted by Crippen LogP contribution is -2.50. The summed E-state index contributed by atoms with van der Waals surface area (Å²) in [6, 6.07) is 14.6. The van der Waals surface area contributed by atoms with E-state index in [9.17, 15) is 84.8 Å². The molecule has 6 aliphatic heterocycles. The molecule has 0 spiro atoms. The third-order valence-electron chi connectivity index (χ3n) is 16.4. The molecule has 31 nitrogen and oxygen atoms in total. The van der Waals surface area contributed by atoms with Crippen molar-refractivity contribution in [1.82, 2.24) is 24.9 Å². The summed E-state index contributed by atoms with van der Waals surface area (Å²) in [6.07, 6.45) is 1.31. The van der Waals surface area contributed by atoms with E-state index in [-0.39, 0.29) is 90.0 Å². The number of aliphatic hydroxyl groups excluding tert-OH is 1. The van der Waals surface area contributed by atoms with E-state index in [4.69, 9.17) is 49.5 Å². The molecule has 1 unspecified atom stereocenters. The van der Waals surface area contributed by atoms with Crippen molar-refractivity contribution < 1.29 is 118 Å². The number of rotatable bonds is 8. The fourth-order valence-electron chi connectivity index (χ4n) is 10.9. The predicted molar refractivity (Wildman–Crippen MR) is 405 cm³/mol. The normalized spacial score (nSPS) is 15.9. The van der Waals surface area contributed by atoms with Gasteiger partial charge >= 0.3 is 24.4 Å². The molecule has 38 heteroatoms.